The Bertz CT molecular complexity index is 930. The average Bonchev–Trinajstić information content (AvgIpc) is 2.65. The summed E-state index contributed by atoms with van der Waals surface area (Å²) in [5.41, 5.74) is 1.90. The number of benzene rings is 2. The zero-order valence-electron chi connectivity index (χ0n) is 13.6. The van der Waals surface area contributed by atoms with E-state index in [-0.39, 0.29) is 12.0 Å². The summed E-state index contributed by atoms with van der Waals surface area (Å²) in [5, 5.41) is 12.0. The van der Waals surface area contributed by atoms with E-state index in [0.717, 1.165) is 5.56 Å². The first kappa shape index (κ1) is 18.2. The highest BCUT2D eigenvalue weighted by Gasteiger charge is 2.15. The monoisotopic (exact) mass is 386 g/mol. The second-order valence-electron chi connectivity index (χ2n) is 5.57. The zero-order chi connectivity index (χ0) is 18.5. The number of aromatic carboxylic acids is 1. The Hall–Kier alpha value is -2.56. The number of pyridine rings is 1. The molecule has 0 atom stereocenters. The van der Waals surface area contributed by atoms with Crippen molar-refractivity contribution in [2.75, 3.05) is 0 Å². The van der Waals surface area contributed by atoms with Crippen LogP contribution in [0.5, 0.6) is 5.75 Å². The van der Waals surface area contributed by atoms with Gasteiger partial charge in [-0.1, -0.05) is 53.5 Å². The van der Waals surface area contributed by atoms with Gasteiger partial charge in [0.15, 0.2) is 0 Å². The maximum Gasteiger partial charge on any atom is 0.138 e. The fourth-order valence-corrected chi connectivity index (χ4v) is 3.08. The summed E-state index contributed by atoms with van der Waals surface area (Å²) >= 11 is 12.7. The third-order valence-corrected chi connectivity index (χ3v) is 4.61. The van der Waals surface area contributed by atoms with Crippen molar-refractivity contribution in [3.63, 3.8) is 0 Å². The van der Waals surface area contributed by atoms with Gasteiger partial charge in [0.05, 0.1) is 16.7 Å². The molecule has 0 spiro atoms. The summed E-state index contributed by atoms with van der Waals surface area (Å²) < 4.78 is 5.79. The predicted molar refractivity (Wildman–Crippen MR) is 98.6 cm³/mol. The number of rotatable bonds is 6. The van der Waals surface area contributed by atoms with Gasteiger partial charge in [0.1, 0.15) is 12.4 Å². The molecule has 0 amide bonds. The number of hydrogen-bond donors (Lipinski definition) is 0. The molecule has 2 aromatic carbocycles. The van der Waals surface area contributed by atoms with Crippen molar-refractivity contribution >= 4 is 29.2 Å². The van der Waals surface area contributed by atoms with Gasteiger partial charge in [0, 0.05) is 23.2 Å². The largest absolute Gasteiger partial charge is 0.545 e. The lowest BCUT2D eigenvalue weighted by atomic mass is 10.0. The Labute approximate surface area is 161 Å². The van der Waals surface area contributed by atoms with Crippen LogP contribution >= 0.6 is 23.2 Å². The molecule has 0 aliphatic heterocycles. The number of ether oxygens (including phenoxy) is 1. The van der Waals surface area contributed by atoms with Crippen LogP contribution in [0.4, 0.5) is 0 Å². The van der Waals surface area contributed by atoms with Crippen LogP contribution in [0.25, 0.3) is 0 Å². The summed E-state index contributed by atoms with van der Waals surface area (Å²) in [6.07, 6.45) is 1.67. The molecule has 0 aliphatic carbocycles. The van der Waals surface area contributed by atoms with Crippen molar-refractivity contribution in [1.82, 2.24) is 4.98 Å². The maximum atomic E-state index is 11.3. The van der Waals surface area contributed by atoms with Crippen LogP contribution in [-0.2, 0) is 13.0 Å². The molecule has 6 heteroatoms. The number of carboxylic acids is 1. The Balaban J connectivity index is 1.87. The SMILES string of the molecule is O=C([O-])c1cccnc1Cc1c(Cl)ccc(OCc2ccccc2)c1Cl. The predicted octanol–water partition coefficient (Wildman–Crippen LogP) is 3.92. The zero-order valence-corrected chi connectivity index (χ0v) is 15.1. The topological polar surface area (TPSA) is 62.2 Å². The van der Waals surface area contributed by atoms with Gasteiger partial charge in [-0.25, -0.2) is 0 Å². The molecule has 0 aliphatic rings. The molecule has 0 fully saturated rings. The molecule has 0 radical (unpaired) electrons. The summed E-state index contributed by atoms with van der Waals surface area (Å²) in [7, 11) is 0. The first-order valence-electron chi connectivity index (χ1n) is 7.85. The van der Waals surface area contributed by atoms with E-state index in [4.69, 9.17) is 27.9 Å². The molecule has 1 aromatic heterocycles. The standard InChI is InChI=1S/C20H15Cl2NO3/c21-16-8-9-18(26-12-13-5-2-1-3-6-13)19(22)15(16)11-17-14(20(24)25)7-4-10-23-17/h1-10H,11-12H2,(H,24,25)/p-1. The summed E-state index contributed by atoms with van der Waals surface area (Å²) in [6.45, 7) is 0.357. The van der Waals surface area contributed by atoms with E-state index in [1.165, 1.54) is 18.3 Å². The minimum Gasteiger partial charge on any atom is -0.545 e. The van der Waals surface area contributed by atoms with E-state index in [0.29, 0.717) is 33.7 Å². The number of nitrogens with zero attached hydrogens (tertiary/aromatic N) is 1. The number of carboxylic acid groups (broad SMARTS) is 1. The van der Waals surface area contributed by atoms with Crippen LogP contribution in [0.1, 0.15) is 27.2 Å². The van der Waals surface area contributed by atoms with Gasteiger partial charge < -0.3 is 14.6 Å². The first-order valence-corrected chi connectivity index (χ1v) is 8.60. The number of carbonyl (C=O) groups excluding carboxylic acids is 1. The summed E-state index contributed by atoms with van der Waals surface area (Å²) in [6, 6.07) is 16.0. The Morgan fingerprint density at radius 3 is 2.54 bits per heavy atom. The smallest absolute Gasteiger partial charge is 0.138 e. The normalized spacial score (nSPS) is 10.5. The number of aromatic nitrogens is 1. The van der Waals surface area contributed by atoms with Crippen LogP contribution < -0.4 is 9.84 Å². The lowest BCUT2D eigenvalue weighted by Crippen LogP contribution is -2.24. The fraction of sp³-hybridized carbons (Fsp3) is 0.100. The van der Waals surface area contributed by atoms with Crippen LogP contribution in [0.3, 0.4) is 0 Å². The number of halogens is 2. The molecule has 3 rings (SSSR count). The number of hydrogen-bond acceptors (Lipinski definition) is 4. The van der Waals surface area contributed by atoms with Crippen molar-refractivity contribution < 1.29 is 14.6 Å². The highest BCUT2D eigenvalue weighted by atomic mass is 35.5. The molecule has 0 saturated carbocycles. The lowest BCUT2D eigenvalue weighted by Gasteiger charge is -2.14. The fourth-order valence-electron chi connectivity index (χ4n) is 2.52. The first-order chi connectivity index (χ1) is 12.6. The van der Waals surface area contributed by atoms with Crippen LogP contribution in [-0.4, -0.2) is 11.0 Å². The van der Waals surface area contributed by atoms with E-state index in [2.05, 4.69) is 4.98 Å². The van der Waals surface area contributed by atoms with Crippen LogP contribution in [0.2, 0.25) is 10.0 Å². The molecule has 0 bridgehead atoms. The third kappa shape index (κ3) is 4.15. The Kier molecular flexibility index (Phi) is 5.76. The number of carbonyl (C=O) groups is 1. The van der Waals surface area contributed by atoms with Gasteiger partial charge in [0.25, 0.3) is 0 Å². The molecular formula is C20H14Cl2NO3-. The van der Waals surface area contributed by atoms with E-state index in [1.54, 1.807) is 12.1 Å². The summed E-state index contributed by atoms with van der Waals surface area (Å²) in [5.74, 6) is -0.822. The van der Waals surface area contributed by atoms with Crippen molar-refractivity contribution in [3.05, 3.63) is 93.2 Å². The molecule has 132 valence electrons. The molecule has 1 heterocycles. The van der Waals surface area contributed by atoms with Gasteiger partial charge in [-0.05, 0) is 35.4 Å². The molecule has 26 heavy (non-hydrogen) atoms. The Morgan fingerprint density at radius 1 is 1.04 bits per heavy atom. The third-order valence-electron chi connectivity index (χ3n) is 3.84. The van der Waals surface area contributed by atoms with Crippen molar-refractivity contribution in [3.8, 4) is 5.75 Å². The highest BCUT2D eigenvalue weighted by molar-refractivity contribution is 6.37. The molecule has 0 saturated heterocycles. The van der Waals surface area contributed by atoms with E-state index < -0.39 is 5.97 Å². The Morgan fingerprint density at radius 2 is 1.81 bits per heavy atom. The highest BCUT2D eigenvalue weighted by Crippen LogP contribution is 2.35. The van der Waals surface area contributed by atoms with Crippen LogP contribution in [0, 0.1) is 0 Å². The van der Waals surface area contributed by atoms with E-state index in [1.807, 2.05) is 30.3 Å². The second kappa shape index (κ2) is 8.21. The second-order valence-corrected chi connectivity index (χ2v) is 6.36. The molecule has 3 aromatic rings. The minimum absolute atomic E-state index is 0.00948. The van der Waals surface area contributed by atoms with Crippen molar-refractivity contribution in [2.45, 2.75) is 13.0 Å². The van der Waals surface area contributed by atoms with Crippen molar-refractivity contribution in [2.24, 2.45) is 0 Å². The minimum atomic E-state index is -1.29. The molecule has 4 nitrogen and oxygen atoms in total. The van der Waals surface area contributed by atoms with Gasteiger partial charge in [-0.3, -0.25) is 4.98 Å². The summed E-state index contributed by atoms with van der Waals surface area (Å²) in [4.78, 5) is 15.4. The lowest BCUT2D eigenvalue weighted by molar-refractivity contribution is -0.255. The maximum absolute atomic E-state index is 11.3. The van der Waals surface area contributed by atoms with Gasteiger partial charge in [0.2, 0.25) is 0 Å². The average molecular weight is 387 g/mol. The van der Waals surface area contributed by atoms with Gasteiger partial charge in [-0.15, -0.1) is 0 Å². The van der Waals surface area contributed by atoms with Gasteiger partial charge >= 0.3 is 0 Å². The van der Waals surface area contributed by atoms with Crippen molar-refractivity contribution in [1.29, 1.82) is 0 Å². The molecule has 0 N–H and O–H groups in total. The van der Waals surface area contributed by atoms with E-state index >= 15 is 0 Å². The molecule has 0 unspecified atom stereocenters. The molecular weight excluding hydrogens is 373 g/mol. The quantitative estimate of drug-likeness (QED) is 0.643. The van der Waals surface area contributed by atoms with Gasteiger partial charge in [-0.2, -0.15) is 0 Å². The van der Waals surface area contributed by atoms with Crippen LogP contribution in [0.15, 0.2) is 60.8 Å². The van der Waals surface area contributed by atoms with E-state index in [9.17, 15) is 9.90 Å².